The van der Waals surface area contributed by atoms with Gasteiger partial charge in [-0.1, -0.05) is 6.07 Å². The molecular formula is C16H14N4O3. The number of fused-ring (bicyclic) bond motifs is 1. The zero-order valence-electron chi connectivity index (χ0n) is 12.6. The Kier molecular flexibility index (Phi) is 3.53. The Morgan fingerprint density at radius 1 is 1.22 bits per heavy atom. The van der Waals surface area contributed by atoms with Gasteiger partial charge in [-0.3, -0.25) is 14.9 Å². The Labute approximate surface area is 131 Å². The normalized spacial score (nSPS) is 10.7. The first kappa shape index (κ1) is 14.7. The molecule has 0 aliphatic rings. The van der Waals surface area contributed by atoms with Crippen LogP contribution in [-0.4, -0.2) is 20.2 Å². The number of hydrogen-bond donors (Lipinski definition) is 1. The van der Waals surface area contributed by atoms with Gasteiger partial charge in [0.25, 0.3) is 11.6 Å². The van der Waals surface area contributed by atoms with Crippen molar-refractivity contribution in [2.24, 2.45) is 0 Å². The summed E-state index contributed by atoms with van der Waals surface area (Å²) >= 11 is 0. The van der Waals surface area contributed by atoms with Gasteiger partial charge in [-0.25, -0.2) is 4.98 Å². The molecule has 2 aromatic heterocycles. The lowest BCUT2D eigenvalue weighted by Crippen LogP contribution is -2.14. The van der Waals surface area contributed by atoms with E-state index in [-0.39, 0.29) is 17.2 Å². The first-order chi connectivity index (χ1) is 11.0. The molecule has 2 heterocycles. The zero-order valence-corrected chi connectivity index (χ0v) is 12.6. The van der Waals surface area contributed by atoms with Crippen molar-refractivity contribution in [1.82, 2.24) is 9.38 Å². The number of benzene rings is 1. The van der Waals surface area contributed by atoms with E-state index < -0.39 is 4.92 Å². The number of nitrogens with one attached hydrogen (secondary N) is 1. The lowest BCUT2D eigenvalue weighted by molar-refractivity contribution is -0.385. The molecule has 7 nitrogen and oxygen atoms in total. The van der Waals surface area contributed by atoms with Gasteiger partial charge in [0.05, 0.1) is 16.3 Å². The van der Waals surface area contributed by atoms with Gasteiger partial charge in [-0.05, 0) is 32.0 Å². The van der Waals surface area contributed by atoms with Crippen molar-refractivity contribution in [1.29, 1.82) is 0 Å². The molecule has 0 fully saturated rings. The fraction of sp³-hybridized carbons (Fsp3) is 0.125. The largest absolute Gasteiger partial charge is 0.321 e. The van der Waals surface area contributed by atoms with E-state index in [1.807, 2.05) is 17.5 Å². The Hall–Kier alpha value is -3.22. The molecular weight excluding hydrogens is 296 g/mol. The van der Waals surface area contributed by atoms with Crippen LogP contribution in [0.25, 0.3) is 5.65 Å². The van der Waals surface area contributed by atoms with E-state index in [4.69, 9.17) is 0 Å². The molecule has 0 saturated carbocycles. The lowest BCUT2D eigenvalue weighted by Gasteiger charge is -2.08. The highest BCUT2D eigenvalue weighted by atomic mass is 16.6. The molecule has 0 aliphatic carbocycles. The summed E-state index contributed by atoms with van der Waals surface area (Å²) in [5, 5.41) is 13.7. The van der Waals surface area contributed by atoms with Crippen LogP contribution in [0, 0.1) is 24.0 Å². The molecule has 0 aliphatic heterocycles. The van der Waals surface area contributed by atoms with E-state index in [1.165, 1.54) is 12.1 Å². The molecule has 3 aromatic rings. The quantitative estimate of drug-likeness (QED) is 0.594. The molecule has 1 aromatic carbocycles. The highest BCUT2D eigenvalue weighted by Gasteiger charge is 2.18. The summed E-state index contributed by atoms with van der Waals surface area (Å²) in [7, 11) is 0. The third-order valence-corrected chi connectivity index (χ3v) is 3.58. The fourth-order valence-electron chi connectivity index (χ4n) is 2.46. The maximum Gasteiger partial charge on any atom is 0.273 e. The second-order valence-electron chi connectivity index (χ2n) is 5.23. The van der Waals surface area contributed by atoms with Gasteiger partial charge in [-0.2, -0.15) is 0 Å². The van der Waals surface area contributed by atoms with Crippen LogP contribution < -0.4 is 5.32 Å². The van der Waals surface area contributed by atoms with Crippen LogP contribution in [0.5, 0.6) is 0 Å². The van der Waals surface area contributed by atoms with Crippen LogP contribution in [0.15, 0.2) is 42.7 Å². The number of nitro groups is 1. The number of nitrogens with zero attached hydrogens (tertiary/aromatic N) is 3. The Morgan fingerprint density at radius 2 is 2.00 bits per heavy atom. The fourth-order valence-corrected chi connectivity index (χ4v) is 2.46. The first-order valence-electron chi connectivity index (χ1n) is 6.96. The van der Waals surface area contributed by atoms with Crippen molar-refractivity contribution in [3.63, 3.8) is 0 Å². The molecule has 3 rings (SSSR count). The van der Waals surface area contributed by atoms with Crippen molar-refractivity contribution in [3.05, 3.63) is 69.7 Å². The van der Waals surface area contributed by atoms with Crippen molar-refractivity contribution in [2.75, 3.05) is 5.32 Å². The Morgan fingerprint density at radius 3 is 2.74 bits per heavy atom. The van der Waals surface area contributed by atoms with Gasteiger partial charge < -0.3 is 9.72 Å². The number of amides is 1. The maximum atomic E-state index is 12.4. The van der Waals surface area contributed by atoms with Crippen molar-refractivity contribution in [3.8, 4) is 0 Å². The minimum Gasteiger partial charge on any atom is -0.321 e. The molecule has 1 amide bonds. The monoisotopic (exact) mass is 310 g/mol. The molecule has 23 heavy (non-hydrogen) atoms. The maximum absolute atomic E-state index is 12.4. The number of hydrogen-bond acceptors (Lipinski definition) is 4. The van der Waals surface area contributed by atoms with Gasteiger partial charge in [0.1, 0.15) is 5.65 Å². The Balaban J connectivity index is 1.91. The number of aromatic nitrogens is 2. The number of rotatable bonds is 3. The average Bonchev–Trinajstić information content (AvgIpc) is 2.86. The molecule has 0 spiro atoms. The SMILES string of the molecule is Cc1cn2cc(NC(=O)c3cccc([N+](=O)[O-])c3C)ccc2n1. The second kappa shape index (κ2) is 5.53. The second-order valence-corrected chi connectivity index (χ2v) is 5.23. The van der Waals surface area contributed by atoms with Crippen LogP contribution in [0.1, 0.15) is 21.6 Å². The minimum atomic E-state index is -0.494. The first-order valence-corrected chi connectivity index (χ1v) is 6.96. The van der Waals surface area contributed by atoms with Crippen LogP contribution >= 0.6 is 0 Å². The zero-order chi connectivity index (χ0) is 16.6. The molecule has 116 valence electrons. The van der Waals surface area contributed by atoms with Crippen LogP contribution in [0.3, 0.4) is 0 Å². The predicted molar refractivity (Wildman–Crippen MR) is 85.7 cm³/mol. The molecule has 0 bridgehead atoms. The number of carbonyl (C=O) groups is 1. The Bertz CT molecular complexity index is 930. The summed E-state index contributed by atoms with van der Waals surface area (Å²) in [5.41, 5.74) is 2.80. The van der Waals surface area contributed by atoms with Gasteiger partial charge in [-0.15, -0.1) is 0 Å². The highest BCUT2D eigenvalue weighted by Crippen LogP contribution is 2.22. The number of anilines is 1. The summed E-state index contributed by atoms with van der Waals surface area (Å²) in [6.45, 7) is 3.45. The number of carbonyl (C=O) groups excluding carboxylic acids is 1. The standard InChI is InChI=1S/C16H14N4O3/c1-10-8-19-9-12(6-7-15(19)17-10)18-16(21)13-4-3-5-14(11(13)2)20(22)23/h3-9H,1-2H3,(H,18,21). The summed E-state index contributed by atoms with van der Waals surface area (Å²) < 4.78 is 1.81. The van der Waals surface area contributed by atoms with Crippen molar-refractivity contribution >= 4 is 22.9 Å². The van der Waals surface area contributed by atoms with Gasteiger partial charge in [0.15, 0.2) is 0 Å². The molecule has 0 saturated heterocycles. The molecule has 0 radical (unpaired) electrons. The van der Waals surface area contributed by atoms with Gasteiger partial charge in [0.2, 0.25) is 0 Å². The molecule has 0 unspecified atom stereocenters. The van der Waals surface area contributed by atoms with Gasteiger partial charge >= 0.3 is 0 Å². The molecule has 0 atom stereocenters. The van der Waals surface area contributed by atoms with E-state index >= 15 is 0 Å². The average molecular weight is 310 g/mol. The smallest absolute Gasteiger partial charge is 0.273 e. The number of pyridine rings is 1. The van der Waals surface area contributed by atoms with E-state index in [2.05, 4.69) is 10.3 Å². The third kappa shape index (κ3) is 2.76. The highest BCUT2D eigenvalue weighted by molar-refractivity contribution is 6.05. The third-order valence-electron chi connectivity index (χ3n) is 3.58. The van der Waals surface area contributed by atoms with Crippen LogP contribution in [-0.2, 0) is 0 Å². The van der Waals surface area contributed by atoms with Crippen molar-refractivity contribution < 1.29 is 9.72 Å². The summed E-state index contributed by atoms with van der Waals surface area (Å²) in [6.07, 6.45) is 3.60. The topological polar surface area (TPSA) is 89.5 Å². The van der Waals surface area contributed by atoms with Crippen molar-refractivity contribution in [2.45, 2.75) is 13.8 Å². The number of nitro benzene ring substituents is 1. The summed E-state index contributed by atoms with van der Waals surface area (Å²) in [6, 6.07) is 7.99. The van der Waals surface area contributed by atoms with E-state index in [0.29, 0.717) is 11.3 Å². The molecule has 1 N–H and O–H groups in total. The predicted octanol–water partition coefficient (Wildman–Crippen LogP) is 3.11. The van der Waals surface area contributed by atoms with Crippen LogP contribution in [0.4, 0.5) is 11.4 Å². The van der Waals surface area contributed by atoms with E-state index in [9.17, 15) is 14.9 Å². The summed E-state index contributed by atoms with van der Waals surface area (Å²) in [4.78, 5) is 27.2. The van der Waals surface area contributed by atoms with E-state index in [0.717, 1.165) is 11.3 Å². The number of aryl methyl sites for hydroxylation is 1. The minimum absolute atomic E-state index is 0.0710. The summed E-state index contributed by atoms with van der Waals surface area (Å²) in [5.74, 6) is -0.387. The number of imidazole rings is 1. The van der Waals surface area contributed by atoms with Gasteiger partial charge in [0, 0.05) is 29.6 Å². The van der Waals surface area contributed by atoms with E-state index in [1.54, 1.807) is 31.3 Å². The lowest BCUT2D eigenvalue weighted by atomic mass is 10.1. The molecule has 7 heteroatoms. The van der Waals surface area contributed by atoms with Crippen LogP contribution in [0.2, 0.25) is 0 Å².